The molecule has 4 fully saturated rings. The second kappa shape index (κ2) is 7.08. The lowest BCUT2D eigenvalue weighted by atomic mass is 9.85. The molecule has 0 N–H and O–H groups in total. The van der Waals surface area contributed by atoms with Gasteiger partial charge in [0.15, 0.2) is 0 Å². The van der Waals surface area contributed by atoms with E-state index < -0.39 is 16.1 Å². The molecular weight excluding hydrogens is 500 g/mol. The summed E-state index contributed by atoms with van der Waals surface area (Å²) in [6.45, 7) is 29.1. The number of hydrogen-bond donors (Lipinski definition) is 0. The zero-order valence-corrected chi connectivity index (χ0v) is 27.1. The van der Waals surface area contributed by atoms with Crippen LogP contribution in [0, 0.1) is 52.4 Å². The third kappa shape index (κ3) is 2.61. The van der Waals surface area contributed by atoms with Crippen molar-refractivity contribution >= 4 is 36.6 Å². The second-order valence-corrected chi connectivity index (χ2v) is 23.8. The van der Waals surface area contributed by atoms with E-state index in [1.165, 1.54) is 33.4 Å². The highest BCUT2D eigenvalue weighted by molar-refractivity contribution is 8.41. The maximum absolute atomic E-state index is 7.72. The maximum Gasteiger partial charge on any atom is 0.149 e. The summed E-state index contributed by atoms with van der Waals surface area (Å²) >= 11 is 0. The molecule has 2 aromatic carbocycles. The molecular formula is C30H40OP4. The molecule has 2 aromatic rings. The number of aryl methyl sites for hydroxylation is 6. The van der Waals surface area contributed by atoms with Crippen LogP contribution in [0.25, 0.3) is 0 Å². The van der Waals surface area contributed by atoms with Gasteiger partial charge in [-0.2, -0.15) is 0 Å². The van der Waals surface area contributed by atoms with Crippen LogP contribution in [-0.2, 0) is 14.5 Å². The standard InChI is InChI=1S/C30H40OP4/c1-17-13-19(3)23(20(4)14-17)28-30(27(10,11)12)34(28)31-29(24-21(5)15-18(2)16-22(24)6)33(28)25(26(7,8)9)32-35(29)30/h13-16H,1-12H3. The van der Waals surface area contributed by atoms with E-state index in [9.17, 15) is 0 Å². The quantitative estimate of drug-likeness (QED) is 0.344. The summed E-state index contributed by atoms with van der Waals surface area (Å²) in [7, 11) is 0.298. The van der Waals surface area contributed by atoms with Gasteiger partial charge in [-0.1, -0.05) is 84.8 Å². The van der Waals surface area contributed by atoms with Gasteiger partial charge in [-0.25, -0.2) is 0 Å². The van der Waals surface area contributed by atoms with Gasteiger partial charge in [0.25, 0.3) is 0 Å². The first kappa shape index (κ1) is 25.2. The fourth-order valence-electron chi connectivity index (χ4n) is 7.95. The molecule has 0 radical (unpaired) electrons. The molecule has 6 atom stereocenters. The molecule has 35 heavy (non-hydrogen) atoms. The summed E-state index contributed by atoms with van der Waals surface area (Å²) in [4.78, 5) is 0.544. The summed E-state index contributed by atoms with van der Waals surface area (Å²) in [5.41, 5.74) is 12.4. The van der Waals surface area contributed by atoms with Crippen LogP contribution in [0.1, 0.15) is 86.1 Å². The van der Waals surface area contributed by atoms with Gasteiger partial charge in [0.05, 0.1) is 17.9 Å². The lowest BCUT2D eigenvalue weighted by molar-refractivity contribution is 0.302. The third-order valence-electron chi connectivity index (χ3n) is 8.61. The van der Waals surface area contributed by atoms with Crippen molar-refractivity contribution in [1.29, 1.82) is 0 Å². The second-order valence-electron chi connectivity index (χ2n) is 13.5. The summed E-state index contributed by atoms with van der Waals surface area (Å²) in [6.07, 6.45) is 0. The van der Waals surface area contributed by atoms with Gasteiger partial charge < -0.3 is 4.52 Å². The zero-order valence-electron chi connectivity index (χ0n) is 23.5. The Hall–Kier alpha value is -0.140. The molecule has 4 saturated heterocycles. The Balaban J connectivity index is 1.74. The highest BCUT2D eigenvalue weighted by Gasteiger charge is 3.04. The monoisotopic (exact) mass is 540 g/mol. The molecule has 5 heteroatoms. The SMILES string of the molecule is Cc1cc(C)c(C23OP4C5(c6c(C)cc(C)cc6C)P2C(C(C)(C)C)=PP3C45C(C)(C)C)c(C)c1. The highest BCUT2D eigenvalue weighted by Crippen LogP contribution is 3.28. The first-order chi connectivity index (χ1) is 16.1. The molecule has 1 nitrogen and oxygen atoms in total. The van der Waals surface area contributed by atoms with Crippen LogP contribution in [0.2, 0.25) is 0 Å². The van der Waals surface area contributed by atoms with Crippen molar-refractivity contribution < 1.29 is 4.52 Å². The van der Waals surface area contributed by atoms with Crippen molar-refractivity contribution in [1.82, 2.24) is 0 Å². The van der Waals surface area contributed by atoms with Crippen LogP contribution in [0.3, 0.4) is 0 Å². The van der Waals surface area contributed by atoms with E-state index in [1.54, 1.807) is 19.0 Å². The van der Waals surface area contributed by atoms with Crippen LogP contribution in [-0.4, -0.2) is 9.93 Å². The van der Waals surface area contributed by atoms with Gasteiger partial charge >= 0.3 is 0 Å². The predicted molar refractivity (Wildman–Crippen MR) is 160 cm³/mol. The molecule has 0 aromatic heterocycles. The van der Waals surface area contributed by atoms with E-state index in [0.29, 0.717) is 4.90 Å². The van der Waals surface area contributed by atoms with Gasteiger partial charge in [-0.3, -0.25) is 0 Å². The van der Waals surface area contributed by atoms with Crippen molar-refractivity contribution in [3.05, 3.63) is 68.8 Å². The number of hydrogen-bond acceptors (Lipinski definition) is 1. The van der Waals surface area contributed by atoms with Gasteiger partial charge in [0.2, 0.25) is 0 Å². The Morgan fingerprint density at radius 1 is 0.714 bits per heavy atom. The molecule has 5 aliphatic heterocycles. The average molecular weight is 541 g/mol. The lowest BCUT2D eigenvalue weighted by Gasteiger charge is -2.40. The number of rotatable bonds is 2. The molecule has 7 rings (SSSR count). The fraction of sp³-hybridized carbons (Fsp3) is 0.567. The highest BCUT2D eigenvalue weighted by atomic mass is 32.0. The molecule has 6 unspecified atom stereocenters. The zero-order chi connectivity index (χ0) is 25.7. The minimum Gasteiger partial charge on any atom is -0.336 e. The van der Waals surface area contributed by atoms with Crippen LogP contribution >= 0.6 is 31.6 Å². The van der Waals surface area contributed by atoms with Gasteiger partial charge in [0.1, 0.15) is 5.08 Å². The largest absolute Gasteiger partial charge is 0.336 e. The normalized spacial score (nSPS) is 37.1. The summed E-state index contributed by atoms with van der Waals surface area (Å²) in [5.74, 6) is 0. The Morgan fingerprint density at radius 2 is 1.17 bits per heavy atom. The maximum atomic E-state index is 7.72. The Morgan fingerprint density at radius 3 is 1.60 bits per heavy atom. The van der Waals surface area contributed by atoms with Crippen LogP contribution in [0.4, 0.5) is 0 Å². The minimum absolute atomic E-state index is 0.0561. The van der Waals surface area contributed by atoms with Gasteiger partial charge in [-0.15, -0.1) is 0 Å². The van der Waals surface area contributed by atoms with E-state index in [1.807, 2.05) is 5.03 Å². The average Bonchev–Trinajstić information content (AvgIpc) is 2.94. The third-order valence-corrected chi connectivity index (χ3v) is 28.0. The van der Waals surface area contributed by atoms with Gasteiger partial charge in [-0.05, 0) is 98.7 Å². The van der Waals surface area contributed by atoms with Crippen molar-refractivity contribution in [3.8, 4) is 0 Å². The Bertz CT molecular complexity index is 1300. The van der Waals surface area contributed by atoms with Crippen LogP contribution < -0.4 is 0 Å². The molecule has 0 aliphatic carbocycles. The van der Waals surface area contributed by atoms with Crippen LogP contribution in [0.15, 0.2) is 24.3 Å². The summed E-state index contributed by atoms with van der Waals surface area (Å²) in [5, 5.41) is 1.78. The topological polar surface area (TPSA) is 9.23 Å². The fourth-order valence-corrected chi connectivity index (χ4v) is 36.6. The molecule has 0 spiro atoms. The molecule has 0 amide bonds. The predicted octanol–water partition coefficient (Wildman–Crippen LogP) is 10.7. The smallest absolute Gasteiger partial charge is 0.149 e. The minimum atomic E-state index is -0.525. The van der Waals surface area contributed by atoms with Crippen LogP contribution in [0.5, 0.6) is 0 Å². The van der Waals surface area contributed by atoms with E-state index in [2.05, 4.69) is 107 Å². The molecule has 0 saturated carbocycles. The summed E-state index contributed by atoms with van der Waals surface area (Å²) < 4.78 is 7.72. The van der Waals surface area contributed by atoms with E-state index in [4.69, 9.17) is 4.52 Å². The molecule has 186 valence electrons. The van der Waals surface area contributed by atoms with E-state index in [-0.39, 0.29) is 28.4 Å². The first-order valence-electron chi connectivity index (χ1n) is 12.9. The molecule has 6 bridgehead atoms. The lowest BCUT2D eigenvalue weighted by Crippen LogP contribution is -2.34. The van der Waals surface area contributed by atoms with E-state index >= 15 is 0 Å². The Kier molecular flexibility index (Phi) is 5.09. The molecule has 5 aliphatic rings. The van der Waals surface area contributed by atoms with Crippen molar-refractivity contribution in [2.45, 2.75) is 98.0 Å². The Labute approximate surface area is 218 Å². The number of benzene rings is 2. The summed E-state index contributed by atoms with van der Waals surface area (Å²) in [6, 6.07) is 9.76. The van der Waals surface area contributed by atoms with E-state index in [0.717, 1.165) is 0 Å². The van der Waals surface area contributed by atoms with Crippen molar-refractivity contribution in [3.63, 3.8) is 0 Å². The van der Waals surface area contributed by atoms with Crippen molar-refractivity contribution in [2.24, 2.45) is 10.8 Å². The first-order valence-corrected chi connectivity index (χ1v) is 18.5. The van der Waals surface area contributed by atoms with Crippen molar-refractivity contribution in [2.75, 3.05) is 0 Å². The molecule has 5 heterocycles. The van der Waals surface area contributed by atoms with Gasteiger partial charge in [0, 0.05) is 7.61 Å².